The Labute approximate surface area is 250 Å². The second kappa shape index (κ2) is 13.3. The molecule has 5 rings (SSSR count). The van der Waals surface area contributed by atoms with Gasteiger partial charge in [-0.3, -0.25) is 18.9 Å². The van der Waals surface area contributed by atoms with E-state index < -0.39 is 17.6 Å². The number of pyridine rings is 2. The zero-order chi connectivity index (χ0) is 30.4. The standard InChI is InChI=1S/C32H37FN6O4/c1-32(2,3)43-16-11-34-30(40)23-6-8-25(33)26(18-23)37-31(41)27-21-35-28-19-22(10-14-39(27)28)24-7-9-29(36-20-24)42-17-15-38-12-4-5-13-38/h6-10,14,18-21H,4-5,11-13,15-17H2,1-3H3,(H,34,40)(H,37,41). The maximum atomic E-state index is 14.6. The molecule has 1 fully saturated rings. The van der Waals surface area contributed by atoms with Crippen LogP contribution in [0.15, 0.2) is 61.1 Å². The normalized spacial score (nSPS) is 13.8. The first kappa shape index (κ1) is 30.1. The molecule has 0 unspecified atom stereocenters. The Bertz CT molecular complexity index is 1580. The summed E-state index contributed by atoms with van der Waals surface area (Å²) in [6.45, 7) is 10.2. The van der Waals surface area contributed by atoms with Gasteiger partial charge in [0.1, 0.15) is 23.8 Å². The van der Waals surface area contributed by atoms with Crippen molar-refractivity contribution in [3.63, 3.8) is 0 Å². The summed E-state index contributed by atoms with van der Waals surface area (Å²) in [7, 11) is 0. The number of nitrogens with zero attached hydrogens (tertiary/aromatic N) is 4. The highest BCUT2D eigenvalue weighted by Gasteiger charge is 2.17. The van der Waals surface area contributed by atoms with Crippen molar-refractivity contribution in [1.82, 2.24) is 24.6 Å². The Morgan fingerprint density at radius 2 is 1.77 bits per heavy atom. The molecule has 0 saturated carbocycles. The molecule has 226 valence electrons. The van der Waals surface area contributed by atoms with Crippen molar-refractivity contribution >= 4 is 23.1 Å². The number of benzene rings is 1. The minimum Gasteiger partial charge on any atom is -0.476 e. The molecule has 0 aliphatic carbocycles. The van der Waals surface area contributed by atoms with Gasteiger partial charge in [-0.1, -0.05) is 0 Å². The SMILES string of the molecule is CC(C)(C)OCCNC(=O)c1ccc(F)c(NC(=O)c2cnc3cc(-c4ccc(OCCN5CCCC5)nc4)ccn23)c1. The zero-order valence-corrected chi connectivity index (χ0v) is 24.7. The lowest BCUT2D eigenvalue weighted by atomic mass is 10.1. The lowest BCUT2D eigenvalue weighted by Gasteiger charge is -2.19. The largest absolute Gasteiger partial charge is 0.476 e. The van der Waals surface area contributed by atoms with Crippen LogP contribution in [0.1, 0.15) is 54.5 Å². The molecule has 0 radical (unpaired) electrons. The number of nitrogens with one attached hydrogen (secondary N) is 2. The minimum absolute atomic E-state index is 0.107. The van der Waals surface area contributed by atoms with Crippen molar-refractivity contribution in [2.75, 3.05) is 44.7 Å². The van der Waals surface area contributed by atoms with Crippen LogP contribution >= 0.6 is 0 Å². The van der Waals surface area contributed by atoms with E-state index in [1.54, 1.807) is 16.8 Å². The number of hydrogen-bond acceptors (Lipinski definition) is 7. The number of halogens is 1. The van der Waals surface area contributed by atoms with Crippen LogP contribution in [0.25, 0.3) is 16.8 Å². The third-order valence-corrected chi connectivity index (χ3v) is 7.07. The van der Waals surface area contributed by atoms with Gasteiger partial charge in [-0.25, -0.2) is 14.4 Å². The van der Waals surface area contributed by atoms with Gasteiger partial charge in [0.2, 0.25) is 5.88 Å². The van der Waals surface area contributed by atoms with Crippen molar-refractivity contribution in [3.8, 4) is 17.0 Å². The summed E-state index contributed by atoms with van der Waals surface area (Å²) in [4.78, 5) is 36.9. The smallest absolute Gasteiger partial charge is 0.274 e. The molecule has 10 nitrogen and oxygen atoms in total. The molecule has 2 N–H and O–H groups in total. The number of amides is 2. The number of hydrogen-bond donors (Lipinski definition) is 2. The summed E-state index contributed by atoms with van der Waals surface area (Å²) >= 11 is 0. The van der Waals surface area contributed by atoms with E-state index in [1.165, 1.54) is 31.2 Å². The van der Waals surface area contributed by atoms with Crippen LogP contribution in [0.3, 0.4) is 0 Å². The Kier molecular flexibility index (Phi) is 9.32. The van der Waals surface area contributed by atoms with E-state index in [9.17, 15) is 14.0 Å². The highest BCUT2D eigenvalue weighted by atomic mass is 19.1. The number of rotatable bonds is 11. The average Bonchev–Trinajstić information content (AvgIpc) is 3.66. The molecular formula is C32H37FN6O4. The van der Waals surface area contributed by atoms with Crippen LogP contribution in [-0.4, -0.2) is 76.1 Å². The maximum Gasteiger partial charge on any atom is 0.274 e. The Morgan fingerprint density at radius 3 is 2.51 bits per heavy atom. The van der Waals surface area contributed by atoms with E-state index >= 15 is 0 Å². The third-order valence-electron chi connectivity index (χ3n) is 7.07. The van der Waals surface area contributed by atoms with Crippen LogP contribution in [0.4, 0.5) is 10.1 Å². The molecular weight excluding hydrogens is 551 g/mol. The van der Waals surface area contributed by atoms with Gasteiger partial charge < -0.3 is 20.1 Å². The van der Waals surface area contributed by atoms with Crippen LogP contribution in [-0.2, 0) is 4.74 Å². The molecule has 0 spiro atoms. The number of anilines is 1. The molecule has 43 heavy (non-hydrogen) atoms. The quantitative estimate of drug-likeness (QED) is 0.242. The van der Waals surface area contributed by atoms with Gasteiger partial charge in [0, 0.05) is 42.7 Å². The fourth-order valence-electron chi connectivity index (χ4n) is 4.82. The van der Waals surface area contributed by atoms with Gasteiger partial charge in [0.25, 0.3) is 11.8 Å². The second-order valence-electron chi connectivity index (χ2n) is 11.4. The van der Waals surface area contributed by atoms with E-state index in [0.717, 1.165) is 36.8 Å². The number of ether oxygens (including phenoxy) is 2. The van der Waals surface area contributed by atoms with Crippen LogP contribution in [0.5, 0.6) is 5.88 Å². The van der Waals surface area contributed by atoms with Crippen LogP contribution in [0, 0.1) is 5.82 Å². The van der Waals surface area contributed by atoms with Gasteiger partial charge in [-0.05, 0) is 88.7 Å². The van der Waals surface area contributed by atoms with E-state index in [2.05, 4.69) is 25.5 Å². The monoisotopic (exact) mass is 588 g/mol. The molecule has 11 heteroatoms. The topological polar surface area (TPSA) is 110 Å². The molecule has 1 aromatic carbocycles. The highest BCUT2D eigenvalue weighted by Crippen LogP contribution is 2.23. The molecule has 2 amide bonds. The summed E-state index contributed by atoms with van der Waals surface area (Å²) in [5, 5.41) is 5.31. The lowest BCUT2D eigenvalue weighted by Crippen LogP contribution is -2.30. The second-order valence-corrected chi connectivity index (χ2v) is 11.4. The predicted octanol–water partition coefficient (Wildman–Crippen LogP) is 4.81. The van der Waals surface area contributed by atoms with Gasteiger partial charge in [0.05, 0.1) is 24.1 Å². The van der Waals surface area contributed by atoms with Crippen LogP contribution < -0.4 is 15.4 Å². The molecule has 0 bridgehead atoms. The van der Waals surface area contributed by atoms with Gasteiger partial charge >= 0.3 is 0 Å². The number of carbonyl (C=O) groups is 2. The molecule has 1 saturated heterocycles. The first-order valence-corrected chi connectivity index (χ1v) is 14.5. The van der Waals surface area contributed by atoms with Crippen molar-refractivity contribution < 1.29 is 23.5 Å². The van der Waals surface area contributed by atoms with Gasteiger partial charge in [-0.15, -0.1) is 0 Å². The van der Waals surface area contributed by atoms with E-state index in [0.29, 0.717) is 31.3 Å². The Balaban J connectivity index is 1.21. The first-order valence-electron chi connectivity index (χ1n) is 14.5. The van der Waals surface area contributed by atoms with E-state index in [-0.39, 0.29) is 22.5 Å². The predicted molar refractivity (Wildman–Crippen MR) is 162 cm³/mol. The highest BCUT2D eigenvalue weighted by molar-refractivity contribution is 6.04. The van der Waals surface area contributed by atoms with Crippen molar-refractivity contribution in [3.05, 3.63) is 78.1 Å². The lowest BCUT2D eigenvalue weighted by molar-refractivity contribution is -0.000655. The Morgan fingerprint density at radius 1 is 0.953 bits per heavy atom. The number of aromatic nitrogens is 3. The van der Waals surface area contributed by atoms with Crippen molar-refractivity contribution in [2.45, 2.75) is 39.2 Å². The maximum absolute atomic E-state index is 14.6. The van der Waals surface area contributed by atoms with E-state index in [4.69, 9.17) is 9.47 Å². The zero-order valence-electron chi connectivity index (χ0n) is 24.7. The fourth-order valence-corrected chi connectivity index (χ4v) is 4.82. The van der Waals surface area contributed by atoms with Crippen molar-refractivity contribution in [2.24, 2.45) is 0 Å². The number of likely N-dealkylation sites (tertiary alicyclic amines) is 1. The van der Waals surface area contributed by atoms with Gasteiger partial charge in [-0.2, -0.15) is 0 Å². The summed E-state index contributed by atoms with van der Waals surface area (Å²) in [6.07, 6.45) is 7.40. The first-order chi connectivity index (χ1) is 20.7. The van der Waals surface area contributed by atoms with E-state index in [1.807, 2.05) is 45.0 Å². The number of fused-ring (bicyclic) bond motifs is 1. The Hall–Kier alpha value is -4.35. The summed E-state index contributed by atoms with van der Waals surface area (Å²) in [5.41, 5.74) is 2.30. The average molecular weight is 589 g/mol. The molecule has 3 aromatic heterocycles. The molecule has 1 aliphatic heterocycles. The minimum atomic E-state index is -0.659. The fraction of sp³-hybridized carbons (Fsp3) is 0.375. The van der Waals surface area contributed by atoms with Crippen molar-refractivity contribution in [1.29, 1.82) is 0 Å². The number of imidazole rings is 1. The summed E-state index contributed by atoms with van der Waals surface area (Å²) in [5.74, 6) is -1.04. The molecule has 4 aromatic rings. The summed E-state index contributed by atoms with van der Waals surface area (Å²) in [6, 6.07) is 11.3. The molecule has 0 atom stereocenters. The molecule has 4 heterocycles. The van der Waals surface area contributed by atoms with Crippen LogP contribution in [0.2, 0.25) is 0 Å². The summed E-state index contributed by atoms with van der Waals surface area (Å²) < 4.78 is 27.6. The third kappa shape index (κ3) is 7.94. The van der Waals surface area contributed by atoms with Gasteiger partial charge in [0.15, 0.2) is 0 Å². The molecule has 1 aliphatic rings. The number of carbonyl (C=O) groups excluding carboxylic acids is 2.